The second-order valence-electron chi connectivity index (χ2n) is 9.11. The Hall–Kier alpha value is -1.63. The van der Waals surface area contributed by atoms with Crippen molar-refractivity contribution in [2.45, 2.75) is 52.6 Å². The summed E-state index contributed by atoms with van der Waals surface area (Å²) in [7, 11) is 0. The van der Waals surface area contributed by atoms with Crippen molar-refractivity contribution in [1.82, 2.24) is 15.5 Å². The van der Waals surface area contributed by atoms with Crippen LogP contribution < -0.4 is 10.6 Å². The van der Waals surface area contributed by atoms with Crippen LogP contribution >= 0.6 is 0 Å². The molecular formula is C25H42N4O2. The Balaban J connectivity index is 1.44. The minimum atomic E-state index is 0.445. The third kappa shape index (κ3) is 7.78. The lowest BCUT2D eigenvalue weighted by Gasteiger charge is -2.37. The Kier molecular flexibility index (Phi) is 10.1. The fraction of sp³-hybridized carbons (Fsp3) is 0.720. The molecule has 3 rings (SSSR count). The molecule has 2 aliphatic heterocycles. The van der Waals surface area contributed by atoms with E-state index < -0.39 is 0 Å². The van der Waals surface area contributed by atoms with Gasteiger partial charge in [-0.1, -0.05) is 38.1 Å². The molecule has 1 saturated heterocycles. The normalized spacial score (nSPS) is 20.6. The van der Waals surface area contributed by atoms with Gasteiger partial charge in [-0.3, -0.25) is 9.89 Å². The summed E-state index contributed by atoms with van der Waals surface area (Å²) in [6, 6.07) is 9.30. The first-order valence-electron chi connectivity index (χ1n) is 12.2. The standard InChI is InChI=1S/C25H42N4O2/c1-4-26-25(27-12-7-14-30-18-21-11-15-31-19-21)28-16-24(20(2)3)29-13-10-22-8-5-6-9-23(22)17-29/h5-6,8-9,20-21,24H,4,7,10-19H2,1-3H3,(H2,26,27,28). The molecule has 2 unspecified atom stereocenters. The Morgan fingerprint density at radius 1 is 1.26 bits per heavy atom. The van der Waals surface area contributed by atoms with Crippen molar-refractivity contribution < 1.29 is 9.47 Å². The molecule has 0 radical (unpaired) electrons. The van der Waals surface area contributed by atoms with Crippen LogP contribution in [0.25, 0.3) is 0 Å². The number of nitrogens with one attached hydrogen (secondary N) is 2. The third-order valence-corrected chi connectivity index (χ3v) is 6.31. The van der Waals surface area contributed by atoms with Gasteiger partial charge in [0.15, 0.2) is 5.96 Å². The smallest absolute Gasteiger partial charge is 0.191 e. The molecule has 31 heavy (non-hydrogen) atoms. The molecule has 0 bridgehead atoms. The summed E-state index contributed by atoms with van der Waals surface area (Å²) in [5.74, 6) is 2.06. The molecule has 1 fully saturated rings. The number of hydrogen-bond donors (Lipinski definition) is 2. The van der Waals surface area contributed by atoms with E-state index in [9.17, 15) is 0 Å². The SMILES string of the molecule is CCNC(=NCC(C(C)C)N1CCc2ccccc2C1)NCCCOCC1CCOC1. The van der Waals surface area contributed by atoms with E-state index in [1.54, 1.807) is 0 Å². The zero-order valence-electron chi connectivity index (χ0n) is 19.7. The van der Waals surface area contributed by atoms with Gasteiger partial charge in [0, 0.05) is 51.4 Å². The lowest BCUT2D eigenvalue weighted by Crippen LogP contribution is -2.45. The van der Waals surface area contributed by atoms with E-state index in [0.29, 0.717) is 17.9 Å². The molecule has 6 nitrogen and oxygen atoms in total. The molecule has 0 aliphatic carbocycles. The van der Waals surface area contributed by atoms with Gasteiger partial charge in [-0.05, 0) is 43.2 Å². The monoisotopic (exact) mass is 430 g/mol. The Bertz CT molecular complexity index is 673. The third-order valence-electron chi connectivity index (χ3n) is 6.31. The van der Waals surface area contributed by atoms with E-state index in [0.717, 1.165) is 84.4 Å². The first-order valence-corrected chi connectivity index (χ1v) is 12.2. The fourth-order valence-electron chi connectivity index (χ4n) is 4.42. The van der Waals surface area contributed by atoms with Gasteiger partial charge in [-0.2, -0.15) is 0 Å². The summed E-state index contributed by atoms with van der Waals surface area (Å²) in [6.45, 7) is 14.8. The molecule has 2 heterocycles. The summed E-state index contributed by atoms with van der Waals surface area (Å²) < 4.78 is 11.2. The van der Waals surface area contributed by atoms with Crippen molar-refractivity contribution in [2.75, 3.05) is 52.6 Å². The fourth-order valence-corrected chi connectivity index (χ4v) is 4.42. The molecule has 0 spiro atoms. The largest absolute Gasteiger partial charge is 0.381 e. The Morgan fingerprint density at radius 2 is 2.10 bits per heavy atom. The van der Waals surface area contributed by atoms with Crippen LogP contribution in [0.3, 0.4) is 0 Å². The highest BCUT2D eigenvalue weighted by Crippen LogP contribution is 2.23. The number of guanidine groups is 1. The van der Waals surface area contributed by atoms with Crippen LogP contribution in [-0.2, 0) is 22.4 Å². The number of rotatable bonds is 11. The minimum Gasteiger partial charge on any atom is -0.381 e. The van der Waals surface area contributed by atoms with E-state index in [2.05, 4.69) is 60.6 Å². The maximum absolute atomic E-state index is 5.81. The van der Waals surface area contributed by atoms with Crippen LogP contribution in [-0.4, -0.2) is 69.5 Å². The minimum absolute atomic E-state index is 0.445. The molecule has 0 amide bonds. The predicted molar refractivity (Wildman–Crippen MR) is 128 cm³/mol. The molecule has 2 N–H and O–H groups in total. The molecule has 1 aromatic carbocycles. The first kappa shape index (κ1) is 24.0. The molecule has 0 saturated carbocycles. The molecule has 174 valence electrons. The number of benzene rings is 1. The van der Waals surface area contributed by atoms with Gasteiger partial charge in [-0.15, -0.1) is 0 Å². The zero-order valence-corrected chi connectivity index (χ0v) is 19.7. The van der Waals surface area contributed by atoms with Gasteiger partial charge in [0.05, 0.1) is 19.8 Å². The van der Waals surface area contributed by atoms with Gasteiger partial charge in [0.1, 0.15) is 0 Å². The quantitative estimate of drug-likeness (QED) is 0.321. The molecular weight excluding hydrogens is 388 g/mol. The van der Waals surface area contributed by atoms with Gasteiger partial charge < -0.3 is 20.1 Å². The van der Waals surface area contributed by atoms with Gasteiger partial charge in [0.25, 0.3) is 0 Å². The lowest BCUT2D eigenvalue weighted by molar-refractivity contribution is 0.0888. The maximum Gasteiger partial charge on any atom is 0.191 e. The second kappa shape index (κ2) is 13.0. The van der Waals surface area contributed by atoms with Gasteiger partial charge >= 0.3 is 0 Å². The van der Waals surface area contributed by atoms with Crippen molar-refractivity contribution in [1.29, 1.82) is 0 Å². The molecule has 2 atom stereocenters. The van der Waals surface area contributed by atoms with Gasteiger partial charge in [0.2, 0.25) is 0 Å². The number of ether oxygens (including phenoxy) is 2. The molecule has 1 aromatic rings. The Labute approximate surface area is 188 Å². The van der Waals surface area contributed by atoms with E-state index in [1.807, 2.05) is 0 Å². The van der Waals surface area contributed by atoms with Crippen molar-refractivity contribution in [3.8, 4) is 0 Å². The van der Waals surface area contributed by atoms with Crippen molar-refractivity contribution in [3.63, 3.8) is 0 Å². The average Bonchev–Trinajstić information content (AvgIpc) is 3.29. The van der Waals surface area contributed by atoms with E-state index in [4.69, 9.17) is 14.5 Å². The van der Waals surface area contributed by atoms with Crippen LogP contribution in [0, 0.1) is 11.8 Å². The number of nitrogens with zero attached hydrogens (tertiary/aromatic N) is 2. The summed E-state index contributed by atoms with van der Waals surface area (Å²) in [5, 5.41) is 6.87. The van der Waals surface area contributed by atoms with Crippen LogP contribution in [0.1, 0.15) is 44.7 Å². The number of fused-ring (bicyclic) bond motifs is 1. The summed E-state index contributed by atoms with van der Waals surface area (Å²) in [5.41, 5.74) is 2.97. The number of hydrogen-bond acceptors (Lipinski definition) is 4. The van der Waals surface area contributed by atoms with E-state index >= 15 is 0 Å². The molecule has 2 aliphatic rings. The van der Waals surface area contributed by atoms with Crippen LogP contribution in [0.15, 0.2) is 29.3 Å². The summed E-state index contributed by atoms with van der Waals surface area (Å²) >= 11 is 0. The highest BCUT2D eigenvalue weighted by Gasteiger charge is 2.25. The summed E-state index contributed by atoms with van der Waals surface area (Å²) in [6.07, 6.45) is 3.25. The summed E-state index contributed by atoms with van der Waals surface area (Å²) in [4.78, 5) is 7.55. The average molecular weight is 431 g/mol. The van der Waals surface area contributed by atoms with E-state index in [1.165, 1.54) is 11.1 Å². The van der Waals surface area contributed by atoms with Crippen molar-refractivity contribution >= 4 is 5.96 Å². The molecule has 6 heteroatoms. The zero-order chi connectivity index (χ0) is 21.9. The van der Waals surface area contributed by atoms with Crippen LogP contribution in [0.2, 0.25) is 0 Å². The molecule has 0 aromatic heterocycles. The van der Waals surface area contributed by atoms with Crippen LogP contribution in [0.4, 0.5) is 0 Å². The highest BCUT2D eigenvalue weighted by molar-refractivity contribution is 5.79. The topological polar surface area (TPSA) is 58.1 Å². The predicted octanol–water partition coefficient (Wildman–Crippen LogP) is 3.07. The van der Waals surface area contributed by atoms with Crippen LogP contribution in [0.5, 0.6) is 0 Å². The highest BCUT2D eigenvalue weighted by atomic mass is 16.5. The Morgan fingerprint density at radius 3 is 2.84 bits per heavy atom. The lowest BCUT2D eigenvalue weighted by atomic mass is 9.95. The first-order chi connectivity index (χ1) is 15.2. The van der Waals surface area contributed by atoms with E-state index in [-0.39, 0.29) is 0 Å². The second-order valence-corrected chi connectivity index (χ2v) is 9.11. The maximum atomic E-state index is 5.81. The van der Waals surface area contributed by atoms with Crippen molar-refractivity contribution in [2.24, 2.45) is 16.8 Å². The van der Waals surface area contributed by atoms with Gasteiger partial charge in [-0.25, -0.2) is 0 Å². The van der Waals surface area contributed by atoms with Crippen molar-refractivity contribution in [3.05, 3.63) is 35.4 Å². The number of aliphatic imine (C=N–C) groups is 1.